The van der Waals surface area contributed by atoms with Gasteiger partial charge in [-0.15, -0.1) is 0 Å². The smallest absolute Gasteiger partial charge is 0.380 e. The molecule has 1 unspecified atom stereocenters. The van der Waals surface area contributed by atoms with E-state index in [1.54, 1.807) is 6.07 Å². The average Bonchev–Trinajstić information content (AvgIpc) is 3.43. The Morgan fingerprint density at radius 3 is 2.58 bits per heavy atom. The standard InChI is InChI=1S/C28H30F3N5O2/c1-27(2)13-22-24(23(37)14-27)25(28(29,30)31)34-36(22)19-8-9-20(26(32)38)21(12-19)33-18-10-11-35(16-18)15-17-6-4-3-5-7-17/h3-9,12,18,33H,10-11,13-16H2,1-2H3,(H2,32,38). The third kappa shape index (κ3) is 5.18. The molecule has 38 heavy (non-hydrogen) atoms. The van der Waals surface area contributed by atoms with Crippen molar-refractivity contribution in [3.8, 4) is 5.69 Å². The summed E-state index contributed by atoms with van der Waals surface area (Å²) in [6, 6.07) is 14.7. The Kier molecular flexibility index (Phi) is 6.54. The number of likely N-dealkylation sites (tertiary alicyclic amines) is 1. The first-order chi connectivity index (χ1) is 17.9. The first-order valence-corrected chi connectivity index (χ1v) is 12.6. The molecule has 200 valence electrons. The zero-order valence-corrected chi connectivity index (χ0v) is 21.3. The van der Waals surface area contributed by atoms with Crippen LogP contribution in [0, 0.1) is 5.41 Å². The largest absolute Gasteiger partial charge is 0.435 e. The topological polar surface area (TPSA) is 93.2 Å². The normalized spacial score (nSPS) is 19.4. The van der Waals surface area contributed by atoms with Gasteiger partial charge in [-0.05, 0) is 42.0 Å². The zero-order chi connectivity index (χ0) is 27.2. The molecule has 2 aromatic carbocycles. The van der Waals surface area contributed by atoms with E-state index in [0.717, 1.165) is 26.1 Å². The average molecular weight is 526 g/mol. The fourth-order valence-electron chi connectivity index (χ4n) is 5.51. The van der Waals surface area contributed by atoms with Crippen LogP contribution in [0.5, 0.6) is 0 Å². The SMILES string of the molecule is CC1(C)CC(=O)c2c(C(F)(F)F)nn(-c3ccc(C(N)=O)c(NC4CCN(Cc5ccccc5)C4)c3)c2C1. The lowest BCUT2D eigenvalue weighted by molar-refractivity contribution is -0.141. The van der Waals surface area contributed by atoms with Gasteiger partial charge in [0.15, 0.2) is 11.5 Å². The number of carbonyl (C=O) groups excluding carboxylic acids is 2. The number of anilines is 1. The van der Waals surface area contributed by atoms with Crippen LogP contribution in [0.4, 0.5) is 18.9 Å². The van der Waals surface area contributed by atoms with Gasteiger partial charge in [0.2, 0.25) is 0 Å². The maximum Gasteiger partial charge on any atom is 0.435 e. The molecule has 7 nitrogen and oxygen atoms in total. The fraction of sp³-hybridized carbons (Fsp3) is 0.393. The van der Waals surface area contributed by atoms with Crippen molar-refractivity contribution >= 4 is 17.4 Å². The van der Waals surface area contributed by atoms with Crippen molar-refractivity contribution in [2.75, 3.05) is 18.4 Å². The number of rotatable bonds is 6. The summed E-state index contributed by atoms with van der Waals surface area (Å²) in [7, 11) is 0. The number of nitrogens with one attached hydrogen (secondary N) is 1. The fourth-order valence-corrected chi connectivity index (χ4v) is 5.51. The zero-order valence-electron chi connectivity index (χ0n) is 21.3. The molecule has 2 aliphatic rings. The summed E-state index contributed by atoms with van der Waals surface area (Å²) < 4.78 is 42.8. The van der Waals surface area contributed by atoms with E-state index in [4.69, 9.17) is 5.73 Å². The number of Topliss-reactive ketones (excluding diaryl/α,β-unsaturated/α-hetero) is 1. The molecule has 2 heterocycles. The number of amides is 1. The molecule has 1 fully saturated rings. The Bertz CT molecular complexity index is 1380. The van der Waals surface area contributed by atoms with Crippen molar-refractivity contribution in [1.82, 2.24) is 14.7 Å². The van der Waals surface area contributed by atoms with E-state index in [1.807, 2.05) is 32.0 Å². The highest BCUT2D eigenvalue weighted by atomic mass is 19.4. The van der Waals surface area contributed by atoms with E-state index in [2.05, 4.69) is 27.4 Å². The van der Waals surface area contributed by atoms with E-state index in [1.165, 1.54) is 22.4 Å². The van der Waals surface area contributed by atoms with Gasteiger partial charge in [-0.25, -0.2) is 4.68 Å². The van der Waals surface area contributed by atoms with Gasteiger partial charge in [0.05, 0.1) is 22.5 Å². The molecule has 1 saturated heterocycles. The van der Waals surface area contributed by atoms with Crippen LogP contribution in [0.1, 0.15) is 64.4 Å². The molecule has 1 aliphatic carbocycles. The lowest BCUT2D eigenvalue weighted by Crippen LogP contribution is -2.29. The Morgan fingerprint density at radius 1 is 1.16 bits per heavy atom. The highest BCUT2D eigenvalue weighted by Crippen LogP contribution is 2.42. The first kappa shape index (κ1) is 26.0. The summed E-state index contributed by atoms with van der Waals surface area (Å²) in [6.45, 7) is 6.09. The number of halogens is 3. The van der Waals surface area contributed by atoms with Gasteiger partial charge < -0.3 is 11.1 Å². The summed E-state index contributed by atoms with van der Waals surface area (Å²) >= 11 is 0. The third-order valence-electron chi connectivity index (χ3n) is 7.21. The van der Waals surface area contributed by atoms with E-state index < -0.39 is 29.0 Å². The lowest BCUT2D eigenvalue weighted by Gasteiger charge is -2.29. The van der Waals surface area contributed by atoms with Crippen molar-refractivity contribution in [1.29, 1.82) is 0 Å². The number of ketones is 1. The maximum atomic E-state index is 13.9. The molecule has 1 aliphatic heterocycles. The van der Waals surface area contributed by atoms with Crippen LogP contribution < -0.4 is 11.1 Å². The Hall–Kier alpha value is -3.66. The molecule has 3 aromatic rings. The molecule has 0 spiro atoms. The lowest BCUT2D eigenvalue weighted by atomic mass is 9.75. The minimum Gasteiger partial charge on any atom is -0.380 e. The predicted molar refractivity (Wildman–Crippen MR) is 137 cm³/mol. The Morgan fingerprint density at radius 2 is 1.89 bits per heavy atom. The van der Waals surface area contributed by atoms with E-state index in [0.29, 0.717) is 11.4 Å². The molecule has 10 heteroatoms. The maximum absolute atomic E-state index is 13.9. The molecular formula is C28H30F3N5O2. The predicted octanol–water partition coefficient (Wildman–Crippen LogP) is 4.83. The first-order valence-electron chi connectivity index (χ1n) is 12.6. The van der Waals surface area contributed by atoms with Gasteiger partial charge in [0.25, 0.3) is 5.91 Å². The van der Waals surface area contributed by atoms with Crippen LogP contribution in [0.2, 0.25) is 0 Å². The second kappa shape index (κ2) is 9.58. The molecule has 5 rings (SSSR count). The number of fused-ring (bicyclic) bond motifs is 1. The van der Waals surface area contributed by atoms with Crippen molar-refractivity contribution in [2.45, 2.75) is 51.9 Å². The second-order valence-electron chi connectivity index (χ2n) is 11.0. The molecular weight excluding hydrogens is 495 g/mol. The molecule has 1 atom stereocenters. The number of hydrogen-bond acceptors (Lipinski definition) is 5. The highest BCUT2D eigenvalue weighted by molar-refractivity contribution is 6.00. The van der Waals surface area contributed by atoms with Gasteiger partial charge in [-0.3, -0.25) is 14.5 Å². The molecule has 0 bridgehead atoms. The van der Waals surface area contributed by atoms with Crippen molar-refractivity contribution < 1.29 is 22.8 Å². The summed E-state index contributed by atoms with van der Waals surface area (Å²) in [5.41, 5.74) is 6.01. The van der Waals surface area contributed by atoms with Gasteiger partial charge in [0, 0.05) is 37.8 Å². The second-order valence-corrected chi connectivity index (χ2v) is 11.0. The number of nitrogens with two attached hydrogens (primary N) is 1. The van der Waals surface area contributed by atoms with Crippen molar-refractivity contribution in [3.05, 3.63) is 76.6 Å². The van der Waals surface area contributed by atoms with Gasteiger partial charge in [-0.1, -0.05) is 44.2 Å². The van der Waals surface area contributed by atoms with Crippen molar-refractivity contribution in [3.63, 3.8) is 0 Å². The quantitative estimate of drug-likeness (QED) is 0.481. The molecule has 0 radical (unpaired) electrons. The number of carbonyl (C=O) groups is 2. The van der Waals surface area contributed by atoms with Gasteiger partial charge in [-0.2, -0.15) is 18.3 Å². The number of alkyl halides is 3. The number of aromatic nitrogens is 2. The molecule has 0 saturated carbocycles. The number of hydrogen-bond donors (Lipinski definition) is 2. The van der Waals surface area contributed by atoms with Crippen LogP contribution in [-0.2, 0) is 19.1 Å². The number of primary amides is 1. The summed E-state index contributed by atoms with van der Waals surface area (Å²) in [4.78, 5) is 27.3. The minimum atomic E-state index is -4.77. The van der Waals surface area contributed by atoms with Crippen molar-refractivity contribution in [2.24, 2.45) is 11.1 Å². The van der Waals surface area contributed by atoms with E-state index in [9.17, 15) is 22.8 Å². The monoisotopic (exact) mass is 525 g/mol. The van der Waals surface area contributed by atoms with Crippen LogP contribution in [0.15, 0.2) is 48.5 Å². The Labute approximate surface area is 218 Å². The summed E-state index contributed by atoms with van der Waals surface area (Å²) in [6.07, 6.45) is -3.67. The highest BCUT2D eigenvalue weighted by Gasteiger charge is 2.45. The summed E-state index contributed by atoms with van der Waals surface area (Å²) in [5.74, 6) is -1.21. The molecule has 3 N–H and O–H groups in total. The molecule has 1 aromatic heterocycles. The Balaban J connectivity index is 1.47. The van der Waals surface area contributed by atoms with Crippen LogP contribution in [0.3, 0.4) is 0 Å². The van der Waals surface area contributed by atoms with E-state index in [-0.39, 0.29) is 35.7 Å². The van der Waals surface area contributed by atoms with Crippen LogP contribution in [-0.4, -0.2) is 45.5 Å². The van der Waals surface area contributed by atoms with Crippen LogP contribution >= 0.6 is 0 Å². The van der Waals surface area contributed by atoms with E-state index >= 15 is 0 Å². The third-order valence-corrected chi connectivity index (χ3v) is 7.21. The van der Waals surface area contributed by atoms with Crippen LogP contribution in [0.25, 0.3) is 5.69 Å². The summed E-state index contributed by atoms with van der Waals surface area (Å²) in [5, 5.41) is 7.26. The molecule has 1 amide bonds. The number of benzene rings is 2. The van der Waals surface area contributed by atoms with Gasteiger partial charge >= 0.3 is 6.18 Å². The minimum absolute atomic E-state index is 0.0172. The van der Waals surface area contributed by atoms with Gasteiger partial charge in [0.1, 0.15) is 0 Å². The number of nitrogens with zero attached hydrogens (tertiary/aromatic N) is 3.